The quantitative estimate of drug-likeness (QED) is 0.510. The summed E-state index contributed by atoms with van der Waals surface area (Å²) in [7, 11) is 0. The molecule has 0 saturated carbocycles. The first-order valence-corrected chi connectivity index (χ1v) is 9.18. The molecule has 3 aromatic rings. The van der Waals surface area contributed by atoms with Gasteiger partial charge in [0.05, 0.1) is 31.8 Å². The molecule has 1 amide bonds. The number of carbonyl (C=O) groups is 1. The Balaban J connectivity index is 1.98. The Morgan fingerprint density at radius 2 is 1.70 bits per heavy atom. The highest BCUT2D eigenvalue weighted by Gasteiger charge is 2.20. The van der Waals surface area contributed by atoms with Gasteiger partial charge in [-0.2, -0.15) is 0 Å². The fourth-order valence-electron chi connectivity index (χ4n) is 2.43. The van der Waals surface area contributed by atoms with Crippen LogP contribution in [0.25, 0.3) is 0 Å². The average molecular weight is 444 g/mol. The van der Waals surface area contributed by atoms with Gasteiger partial charge in [-0.15, -0.1) is 0 Å². The number of nitrogens with zero attached hydrogens (tertiary/aromatic N) is 1. The molecule has 0 aliphatic carbocycles. The predicted octanol–water partition coefficient (Wildman–Crippen LogP) is 6.35. The third kappa shape index (κ3) is 4.71. The number of aromatic nitrogens is 1. The van der Waals surface area contributed by atoms with E-state index < -0.39 is 17.8 Å². The van der Waals surface area contributed by atoms with Gasteiger partial charge in [-0.3, -0.25) is 9.78 Å². The molecule has 27 heavy (non-hydrogen) atoms. The minimum atomic E-state index is -0.631. The van der Waals surface area contributed by atoms with E-state index in [-0.39, 0.29) is 10.6 Å². The summed E-state index contributed by atoms with van der Waals surface area (Å²) in [6.45, 7) is 0. The molecule has 3 rings (SSSR count). The second-order valence-electron chi connectivity index (χ2n) is 5.61. The summed E-state index contributed by atoms with van der Waals surface area (Å²) in [5.41, 5.74) is 1.42. The molecule has 2 aromatic carbocycles. The Bertz CT molecular complexity index is 995. The molecule has 0 aliphatic heterocycles. The molecule has 0 bridgehead atoms. The van der Waals surface area contributed by atoms with Crippen molar-refractivity contribution in [3.8, 4) is 0 Å². The maximum atomic E-state index is 13.4. The number of carbonyl (C=O) groups excluding carboxylic acids is 1. The van der Waals surface area contributed by atoms with E-state index in [4.69, 9.17) is 46.4 Å². The van der Waals surface area contributed by atoms with E-state index in [1.807, 2.05) is 0 Å². The van der Waals surface area contributed by atoms with Gasteiger partial charge in [0.2, 0.25) is 0 Å². The molecule has 1 N–H and O–H groups in total. The SMILES string of the molecule is O=C(NC(c1ccc(Cl)c(Cl)c1)c1ccc(Cl)cn1)c1ccc(F)c(Cl)c1. The van der Waals surface area contributed by atoms with Crippen LogP contribution in [0.4, 0.5) is 4.39 Å². The van der Waals surface area contributed by atoms with Gasteiger partial charge in [0.1, 0.15) is 5.82 Å². The zero-order chi connectivity index (χ0) is 19.6. The van der Waals surface area contributed by atoms with E-state index in [0.717, 1.165) is 6.07 Å². The molecule has 3 nitrogen and oxygen atoms in total. The molecule has 0 saturated heterocycles. The predicted molar refractivity (Wildman–Crippen MR) is 106 cm³/mol. The van der Waals surface area contributed by atoms with Crippen LogP contribution in [-0.4, -0.2) is 10.9 Å². The molecular weight excluding hydrogens is 433 g/mol. The summed E-state index contributed by atoms with van der Waals surface area (Å²) < 4.78 is 13.4. The molecule has 1 atom stereocenters. The Kier molecular flexibility index (Phi) is 6.22. The lowest BCUT2D eigenvalue weighted by Crippen LogP contribution is -2.30. The molecule has 1 unspecified atom stereocenters. The second-order valence-corrected chi connectivity index (χ2v) is 7.27. The number of pyridine rings is 1. The summed E-state index contributed by atoms with van der Waals surface area (Å²) in [4.78, 5) is 17.0. The fraction of sp³-hybridized carbons (Fsp3) is 0.0526. The van der Waals surface area contributed by atoms with Gasteiger partial charge in [-0.05, 0) is 48.0 Å². The van der Waals surface area contributed by atoms with E-state index >= 15 is 0 Å². The summed E-state index contributed by atoms with van der Waals surface area (Å²) in [6.07, 6.45) is 1.47. The van der Waals surface area contributed by atoms with E-state index in [1.165, 1.54) is 18.3 Å². The van der Waals surface area contributed by atoms with Gasteiger partial charge in [0.25, 0.3) is 5.91 Å². The van der Waals surface area contributed by atoms with E-state index in [2.05, 4.69) is 10.3 Å². The summed E-state index contributed by atoms with van der Waals surface area (Å²) >= 11 is 23.8. The molecular formula is C19H11Cl4FN2O. The van der Waals surface area contributed by atoms with Crippen molar-refractivity contribution < 1.29 is 9.18 Å². The van der Waals surface area contributed by atoms with Gasteiger partial charge in [-0.25, -0.2) is 4.39 Å². The Morgan fingerprint density at radius 1 is 0.926 bits per heavy atom. The first-order chi connectivity index (χ1) is 12.8. The number of hydrogen-bond acceptors (Lipinski definition) is 2. The summed E-state index contributed by atoms with van der Waals surface area (Å²) in [6, 6.07) is 11.5. The first kappa shape index (κ1) is 19.9. The molecule has 0 radical (unpaired) electrons. The maximum absolute atomic E-state index is 13.4. The molecule has 0 spiro atoms. The first-order valence-electron chi connectivity index (χ1n) is 7.67. The van der Waals surface area contributed by atoms with Crippen molar-refractivity contribution in [2.45, 2.75) is 6.04 Å². The van der Waals surface area contributed by atoms with Crippen molar-refractivity contribution in [2.24, 2.45) is 0 Å². The smallest absolute Gasteiger partial charge is 0.252 e. The second kappa shape index (κ2) is 8.44. The van der Waals surface area contributed by atoms with Gasteiger partial charge in [-0.1, -0.05) is 52.5 Å². The third-order valence-electron chi connectivity index (χ3n) is 3.78. The van der Waals surface area contributed by atoms with Crippen LogP contribution in [0, 0.1) is 5.82 Å². The topological polar surface area (TPSA) is 42.0 Å². The Hall–Kier alpha value is -1.85. The number of benzene rings is 2. The van der Waals surface area contributed by atoms with Crippen molar-refractivity contribution in [3.05, 3.63) is 97.5 Å². The van der Waals surface area contributed by atoms with Crippen molar-refractivity contribution in [3.63, 3.8) is 0 Å². The molecule has 1 heterocycles. The van der Waals surface area contributed by atoms with Crippen LogP contribution in [0.5, 0.6) is 0 Å². The van der Waals surface area contributed by atoms with Crippen LogP contribution in [0.2, 0.25) is 20.1 Å². The van der Waals surface area contributed by atoms with Gasteiger partial charge < -0.3 is 5.32 Å². The number of rotatable bonds is 4. The highest BCUT2D eigenvalue weighted by molar-refractivity contribution is 6.42. The zero-order valence-electron chi connectivity index (χ0n) is 13.5. The van der Waals surface area contributed by atoms with Crippen molar-refractivity contribution in [1.29, 1.82) is 0 Å². The number of halogens is 5. The maximum Gasteiger partial charge on any atom is 0.252 e. The van der Waals surface area contributed by atoms with Crippen molar-refractivity contribution >= 4 is 52.3 Å². The molecule has 0 fully saturated rings. The summed E-state index contributed by atoms with van der Waals surface area (Å²) in [5, 5.41) is 3.90. The number of nitrogens with one attached hydrogen (secondary N) is 1. The van der Waals surface area contributed by atoms with Crippen LogP contribution < -0.4 is 5.32 Å². The van der Waals surface area contributed by atoms with Crippen LogP contribution in [0.1, 0.15) is 27.7 Å². The lowest BCUT2D eigenvalue weighted by Gasteiger charge is -2.20. The Labute approximate surface area is 175 Å². The van der Waals surface area contributed by atoms with Gasteiger partial charge in [0, 0.05) is 11.8 Å². The summed E-state index contributed by atoms with van der Waals surface area (Å²) in [5.74, 6) is -1.06. The van der Waals surface area contributed by atoms with Crippen molar-refractivity contribution in [2.75, 3.05) is 0 Å². The Morgan fingerprint density at radius 3 is 2.33 bits per heavy atom. The van der Waals surface area contributed by atoms with Gasteiger partial charge in [0.15, 0.2) is 0 Å². The normalized spacial score (nSPS) is 11.9. The van der Waals surface area contributed by atoms with Crippen LogP contribution in [0.15, 0.2) is 54.7 Å². The minimum Gasteiger partial charge on any atom is -0.340 e. The molecule has 0 aliphatic rings. The monoisotopic (exact) mass is 442 g/mol. The largest absolute Gasteiger partial charge is 0.340 e. The van der Waals surface area contributed by atoms with Crippen LogP contribution in [0.3, 0.4) is 0 Å². The number of amides is 1. The minimum absolute atomic E-state index is 0.140. The number of hydrogen-bond donors (Lipinski definition) is 1. The standard InChI is InChI=1S/C19H11Cl4FN2O/c20-12-3-6-17(25-9-12)18(10-1-4-13(21)14(22)7-10)26-19(27)11-2-5-16(24)15(23)8-11/h1-9,18H,(H,26,27). The lowest BCUT2D eigenvalue weighted by atomic mass is 10.0. The average Bonchev–Trinajstić information content (AvgIpc) is 2.65. The molecule has 1 aromatic heterocycles. The van der Waals surface area contributed by atoms with E-state index in [1.54, 1.807) is 30.3 Å². The zero-order valence-corrected chi connectivity index (χ0v) is 16.5. The highest BCUT2D eigenvalue weighted by atomic mass is 35.5. The van der Waals surface area contributed by atoms with Crippen LogP contribution >= 0.6 is 46.4 Å². The van der Waals surface area contributed by atoms with E-state index in [0.29, 0.717) is 26.3 Å². The third-order valence-corrected chi connectivity index (χ3v) is 5.03. The highest BCUT2D eigenvalue weighted by Crippen LogP contribution is 2.29. The lowest BCUT2D eigenvalue weighted by molar-refractivity contribution is 0.0942. The molecule has 138 valence electrons. The van der Waals surface area contributed by atoms with E-state index in [9.17, 15) is 9.18 Å². The fourth-order valence-corrected chi connectivity index (χ4v) is 3.03. The van der Waals surface area contributed by atoms with Crippen LogP contribution in [-0.2, 0) is 0 Å². The van der Waals surface area contributed by atoms with Crippen molar-refractivity contribution in [1.82, 2.24) is 10.3 Å². The molecule has 8 heteroatoms. The van der Waals surface area contributed by atoms with Gasteiger partial charge >= 0.3 is 0 Å².